The number of rotatable bonds is 6. The molecule has 0 unspecified atom stereocenters. The Kier molecular flexibility index (Phi) is 4.24. The van der Waals surface area contributed by atoms with Gasteiger partial charge in [-0.15, -0.1) is 0 Å². The molecule has 0 aliphatic heterocycles. The van der Waals surface area contributed by atoms with Gasteiger partial charge in [0.1, 0.15) is 0 Å². The summed E-state index contributed by atoms with van der Waals surface area (Å²) in [6.45, 7) is 6.32. The lowest BCUT2D eigenvalue weighted by Crippen LogP contribution is -2.33. The van der Waals surface area contributed by atoms with Crippen LogP contribution in [0.3, 0.4) is 0 Å². The minimum absolute atomic E-state index is 0.0756. The Hall–Kier alpha value is -1.79. The van der Waals surface area contributed by atoms with Crippen molar-refractivity contribution in [3.8, 4) is 6.07 Å². The number of unbranched alkanes of at least 4 members (excludes halogenated alkanes) is 1. The predicted octanol–water partition coefficient (Wildman–Crippen LogP) is 3.34. The maximum atomic E-state index is 8.51. The maximum Gasteiger partial charge on any atom is 0.0622 e. The second-order valence-electron chi connectivity index (χ2n) is 5.57. The average Bonchev–Trinajstić information content (AvgIpc) is 2.83. The van der Waals surface area contributed by atoms with Gasteiger partial charge in [0.25, 0.3) is 0 Å². The molecular weight excluding hydrogens is 234 g/mol. The van der Waals surface area contributed by atoms with E-state index >= 15 is 0 Å². The number of aromatic nitrogens is 1. The predicted molar refractivity (Wildman–Crippen MR) is 79.0 cm³/mol. The van der Waals surface area contributed by atoms with Crippen LogP contribution < -0.4 is 5.32 Å². The Labute approximate surface area is 114 Å². The normalized spacial score (nSPS) is 11.6. The number of para-hydroxylation sites is 1. The fraction of sp³-hybridized carbons (Fsp3) is 0.438. The summed E-state index contributed by atoms with van der Waals surface area (Å²) in [5, 5.41) is 13.3. The zero-order chi connectivity index (χ0) is 13.7. The number of nitriles is 1. The molecule has 3 heteroatoms. The summed E-state index contributed by atoms with van der Waals surface area (Å²) in [6.07, 6.45) is 3.66. The Bertz CT molecular complexity index is 575. The molecule has 0 aliphatic rings. The van der Waals surface area contributed by atoms with Crippen molar-refractivity contribution in [2.75, 3.05) is 13.1 Å². The summed E-state index contributed by atoms with van der Waals surface area (Å²) in [6, 6.07) is 10.6. The van der Waals surface area contributed by atoms with Crippen molar-refractivity contribution in [2.45, 2.75) is 32.1 Å². The molecule has 100 valence electrons. The number of nitrogens with one attached hydrogen (secondary N) is 2. The monoisotopic (exact) mass is 255 g/mol. The Morgan fingerprint density at radius 2 is 2.11 bits per heavy atom. The van der Waals surface area contributed by atoms with Gasteiger partial charge in [0.2, 0.25) is 0 Å². The third-order valence-corrected chi connectivity index (χ3v) is 3.53. The van der Waals surface area contributed by atoms with E-state index in [4.69, 9.17) is 5.26 Å². The van der Waals surface area contributed by atoms with E-state index in [2.05, 4.69) is 60.7 Å². The second-order valence-corrected chi connectivity index (χ2v) is 5.57. The van der Waals surface area contributed by atoms with Crippen molar-refractivity contribution >= 4 is 10.9 Å². The highest BCUT2D eigenvalue weighted by atomic mass is 14.9. The van der Waals surface area contributed by atoms with Gasteiger partial charge < -0.3 is 10.3 Å². The van der Waals surface area contributed by atoms with Crippen LogP contribution >= 0.6 is 0 Å². The van der Waals surface area contributed by atoms with E-state index in [9.17, 15) is 0 Å². The smallest absolute Gasteiger partial charge is 0.0622 e. The highest BCUT2D eigenvalue weighted by Gasteiger charge is 2.23. The number of benzene rings is 1. The van der Waals surface area contributed by atoms with Gasteiger partial charge in [-0.25, -0.2) is 0 Å². The first kappa shape index (κ1) is 13.6. The van der Waals surface area contributed by atoms with Gasteiger partial charge in [-0.05, 0) is 24.6 Å². The van der Waals surface area contributed by atoms with Crippen LogP contribution in [0.2, 0.25) is 0 Å². The van der Waals surface area contributed by atoms with Crippen LogP contribution in [0, 0.1) is 11.3 Å². The third kappa shape index (κ3) is 3.15. The number of aromatic amines is 1. The van der Waals surface area contributed by atoms with E-state index in [0.29, 0.717) is 6.42 Å². The molecule has 0 saturated heterocycles. The first-order valence-electron chi connectivity index (χ1n) is 6.79. The van der Waals surface area contributed by atoms with Crippen molar-refractivity contribution in [3.05, 3.63) is 36.0 Å². The third-order valence-electron chi connectivity index (χ3n) is 3.53. The summed E-state index contributed by atoms with van der Waals surface area (Å²) < 4.78 is 0. The quantitative estimate of drug-likeness (QED) is 0.778. The van der Waals surface area contributed by atoms with Crippen LogP contribution in [-0.2, 0) is 5.41 Å². The molecule has 2 rings (SSSR count). The lowest BCUT2D eigenvalue weighted by molar-refractivity contribution is 0.470. The zero-order valence-corrected chi connectivity index (χ0v) is 11.7. The number of fused-ring (bicyclic) bond motifs is 1. The fourth-order valence-corrected chi connectivity index (χ4v) is 2.42. The van der Waals surface area contributed by atoms with E-state index in [1.165, 1.54) is 16.5 Å². The van der Waals surface area contributed by atoms with Crippen LogP contribution in [0.5, 0.6) is 0 Å². The number of hydrogen-bond donors (Lipinski definition) is 2. The van der Waals surface area contributed by atoms with Crippen molar-refractivity contribution < 1.29 is 0 Å². The van der Waals surface area contributed by atoms with Crippen LogP contribution in [-0.4, -0.2) is 18.1 Å². The van der Waals surface area contributed by atoms with E-state index in [0.717, 1.165) is 19.5 Å². The van der Waals surface area contributed by atoms with Crippen molar-refractivity contribution in [2.24, 2.45) is 0 Å². The van der Waals surface area contributed by atoms with Gasteiger partial charge in [0.05, 0.1) is 6.07 Å². The Morgan fingerprint density at radius 1 is 1.32 bits per heavy atom. The maximum absolute atomic E-state index is 8.51. The molecule has 0 radical (unpaired) electrons. The highest BCUT2D eigenvalue weighted by molar-refractivity contribution is 5.84. The average molecular weight is 255 g/mol. The molecule has 1 aromatic heterocycles. The van der Waals surface area contributed by atoms with Crippen molar-refractivity contribution in [1.82, 2.24) is 10.3 Å². The van der Waals surface area contributed by atoms with E-state index in [1.807, 2.05) is 0 Å². The van der Waals surface area contributed by atoms with Gasteiger partial charge in [0, 0.05) is 35.5 Å². The molecule has 2 N–H and O–H groups in total. The Balaban J connectivity index is 2.05. The summed E-state index contributed by atoms with van der Waals surface area (Å²) in [5.41, 5.74) is 2.61. The number of nitrogens with zero attached hydrogens (tertiary/aromatic N) is 1. The summed E-state index contributed by atoms with van der Waals surface area (Å²) >= 11 is 0. The van der Waals surface area contributed by atoms with Crippen molar-refractivity contribution in [1.29, 1.82) is 5.26 Å². The largest absolute Gasteiger partial charge is 0.361 e. The van der Waals surface area contributed by atoms with Gasteiger partial charge in [-0.1, -0.05) is 32.0 Å². The molecular formula is C16H21N3. The van der Waals surface area contributed by atoms with Crippen LogP contribution in [0.15, 0.2) is 30.5 Å². The molecule has 1 heterocycles. The highest BCUT2D eigenvalue weighted by Crippen LogP contribution is 2.29. The van der Waals surface area contributed by atoms with Crippen LogP contribution in [0.4, 0.5) is 0 Å². The lowest BCUT2D eigenvalue weighted by atomic mass is 9.84. The first-order valence-corrected chi connectivity index (χ1v) is 6.79. The lowest BCUT2D eigenvalue weighted by Gasteiger charge is -2.25. The SMILES string of the molecule is CC(C)(CNCCCC#N)c1c[nH]c2ccccc12. The molecule has 0 saturated carbocycles. The molecule has 0 aliphatic carbocycles. The summed E-state index contributed by atoms with van der Waals surface area (Å²) in [5.74, 6) is 0. The van der Waals surface area contributed by atoms with Crippen LogP contribution in [0.25, 0.3) is 10.9 Å². The number of hydrogen-bond acceptors (Lipinski definition) is 2. The zero-order valence-electron chi connectivity index (χ0n) is 11.7. The first-order chi connectivity index (χ1) is 9.15. The standard InChI is InChI=1S/C16H21N3/c1-16(2,12-18-10-6-5-9-17)14-11-19-15-8-4-3-7-13(14)15/h3-4,7-8,11,18-19H,5-6,10,12H2,1-2H3. The minimum atomic E-state index is 0.0756. The Morgan fingerprint density at radius 3 is 2.89 bits per heavy atom. The molecule has 0 spiro atoms. The molecule has 0 atom stereocenters. The summed E-state index contributed by atoms with van der Waals surface area (Å²) in [7, 11) is 0. The molecule has 0 fully saturated rings. The molecule has 0 bridgehead atoms. The molecule has 19 heavy (non-hydrogen) atoms. The van der Waals surface area contributed by atoms with Gasteiger partial charge in [-0.3, -0.25) is 0 Å². The number of H-pyrrole nitrogens is 1. The van der Waals surface area contributed by atoms with E-state index < -0.39 is 0 Å². The minimum Gasteiger partial charge on any atom is -0.361 e. The van der Waals surface area contributed by atoms with E-state index in [-0.39, 0.29) is 5.41 Å². The van der Waals surface area contributed by atoms with Gasteiger partial charge in [-0.2, -0.15) is 5.26 Å². The molecule has 3 nitrogen and oxygen atoms in total. The van der Waals surface area contributed by atoms with Crippen molar-refractivity contribution in [3.63, 3.8) is 0 Å². The molecule has 1 aromatic carbocycles. The van der Waals surface area contributed by atoms with Gasteiger partial charge >= 0.3 is 0 Å². The van der Waals surface area contributed by atoms with Gasteiger partial charge in [0.15, 0.2) is 0 Å². The molecule has 2 aromatic rings. The van der Waals surface area contributed by atoms with E-state index in [1.54, 1.807) is 0 Å². The second kappa shape index (κ2) is 5.90. The van der Waals surface area contributed by atoms with Crippen LogP contribution in [0.1, 0.15) is 32.3 Å². The molecule has 0 amide bonds. The summed E-state index contributed by atoms with van der Waals surface area (Å²) in [4.78, 5) is 3.33. The fourth-order valence-electron chi connectivity index (χ4n) is 2.42. The topological polar surface area (TPSA) is 51.6 Å².